The number of aromatic nitrogens is 3. The van der Waals surface area contributed by atoms with E-state index < -0.39 is 0 Å². The summed E-state index contributed by atoms with van der Waals surface area (Å²) in [4.78, 5) is 12.7. The van der Waals surface area contributed by atoms with Gasteiger partial charge in [0, 0.05) is 37.1 Å². The molecule has 0 aliphatic rings. The van der Waals surface area contributed by atoms with Crippen LogP contribution >= 0.6 is 0 Å². The maximum absolute atomic E-state index is 5.46. The van der Waals surface area contributed by atoms with E-state index in [1.165, 1.54) is 0 Å². The SMILES string of the molecule is CCCOc1ccnc(NCCc2ccccn2)n1. The smallest absolute Gasteiger partial charge is 0.225 e. The predicted molar refractivity (Wildman–Crippen MR) is 74.2 cm³/mol. The van der Waals surface area contributed by atoms with Gasteiger partial charge in [0.05, 0.1) is 6.61 Å². The van der Waals surface area contributed by atoms with E-state index in [-0.39, 0.29) is 0 Å². The highest BCUT2D eigenvalue weighted by Gasteiger charge is 2.00. The van der Waals surface area contributed by atoms with E-state index in [4.69, 9.17) is 4.74 Å². The molecule has 0 fully saturated rings. The second kappa shape index (κ2) is 7.31. The van der Waals surface area contributed by atoms with Gasteiger partial charge in [0.2, 0.25) is 11.8 Å². The molecule has 0 saturated heterocycles. The lowest BCUT2D eigenvalue weighted by molar-refractivity contribution is 0.305. The molecule has 0 bridgehead atoms. The van der Waals surface area contributed by atoms with E-state index in [1.54, 1.807) is 18.5 Å². The second-order valence-electron chi connectivity index (χ2n) is 4.06. The van der Waals surface area contributed by atoms with Crippen molar-refractivity contribution in [3.63, 3.8) is 0 Å². The normalized spacial score (nSPS) is 10.2. The van der Waals surface area contributed by atoms with Crippen molar-refractivity contribution in [2.75, 3.05) is 18.5 Å². The molecular formula is C14H18N4O. The molecule has 0 aliphatic carbocycles. The molecule has 0 unspecified atom stereocenters. The van der Waals surface area contributed by atoms with Gasteiger partial charge in [-0.05, 0) is 18.6 Å². The lowest BCUT2D eigenvalue weighted by Gasteiger charge is -2.07. The number of hydrogen-bond donors (Lipinski definition) is 1. The van der Waals surface area contributed by atoms with E-state index >= 15 is 0 Å². The minimum atomic E-state index is 0.588. The number of anilines is 1. The van der Waals surface area contributed by atoms with Gasteiger partial charge in [-0.25, -0.2) is 4.98 Å². The summed E-state index contributed by atoms with van der Waals surface area (Å²) >= 11 is 0. The van der Waals surface area contributed by atoms with E-state index in [0.717, 1.165) is 25.1 Å². The maximum Gasteiger partial charge on any atom is 0.225 e. The highest BCUT2D eigenvalue weighted by Crippen LogP contribution is 2.08. The number of hydrogen-bond acceptors (Lipinski definition) is 5. The van der Waals surface area contributed by atoms with Crippen molar-refractivity contribution in [3.05, 3.63) is 42.4 Å². The van der Waals surface area contributed by atoms with Crippen molar-refractivity contribution in [2.24, 2.45) is 0 Å². The monoisotopic (exact) mass is 258 g/mol. The molecule has 0 aromatic carbocycles. The van der Waals surface area contributed by atoms with Crippen molar-refractivity contribution in [2.45, 2.75) is 19.8 Å². The molecule has 2 rings (SSSR count). The van der Waals surface area contributed by atoms with Crippen LogP contribution in [-0.4, -0.2) is 28.1 Å². The highest BCUT2D eigenvalue weighted by atomic mass is 16.5. The number of nitrogens with one attached hydrogen (secondary N) is 1. The Morgan fingerprint density at radius 2 is 2.11 bits per heavy atom. The zero-order chi connectivity index (χ0) is 13.3. The molecule has 0 radical (unpaired) electrons. The number of ether oxygens (including phenoxy) is 1. The minimum absolute atomic E-state index is 0.588. The van der Waals surface area contributed by atoms with Gasteiger partial charge in [-0.2, -0.15) is 4.98 Å². The molecule has 5 nitrogen and oxygen atoms in total. The molecule has 0 spiro atoms. The summed E-state index contributed by atoms with van der Waals surface area (Å²) in [6.07, 6.45) is 5.29. The van der Waals surface area contributed by atoms with Crippen LogP contribution in [0.2, 0.25) is 0 Å². The second-order valence-corrected chi connectivity index (χ2v) is 4.06. The van der Waals surface area contributed by atoms with Crippen LogP contribution in [0.3, 0.4) is 0 Å². The van der Waals surface area contributed by atoms with Gasteiger partial charge in [0.1, 0.15) is 0 Å². The van der Waals surface area contributed by atoms with Gasteiger partial charge in [-0.1, -0.05) is 13.0 Å². The molecule has 0 atom stereocenters. The zero-order valence-corrected chi connectivity index (χ0v) is 11.0. The van der Waals surface area contributed by atoms with Crippen LogP contribution in [0.1, 0.15) is 19.0 Å². The lowest BCUT2D eigenvalue weighted by atomic mass is 10.3. The fourth-order valence-corrected chi connectivity index (χ4v) is 1.56. The first-order valence-electron chi connectivity index (χ1n) is 6.48. The fraction of sp³-hybridized carbons (Fsp3) is 0.357. The standard InChI is InChI=1S/C14H18N4O/c1-2-11-19-13-7-10-17-14(18-13)16-9-6-12-5-3-4-8-15-12/h3-5,7-8,10H,2,6,9,11H2,1H3,(H,16,17,18). The summed E-state index contributed by atoms with van der Waals surface area (Å²) in [6, 6.07) is 7.66. The van der Waals surface area contributed by atoms with E-state index in [0.29, 0.717) is 18.4 Å². The molecule has 2 heterocycles. The Bertz CT molecular complexity index is 490. The van der Waals surface area contributed by atoms with Crippen LogP contribution in [0.4, 0.5) is 5.95 Å². The summed E-state index contributed by atoms with van der Waals surface area (Å²) in [5.74, 6) is 1.20. The molecule has 0 saturated carbocycles. The molecule has 2 aromatic heterocycles. The molecular weight excluding hydrogens is 240 g/mol. The van der Waals surface area contributed by atoms with Gasteiger partial charge in [0.25, 0.3) is 0 Å². The van der Waals surface area contributed by atoms with Crippen molar-refractivity contribution in [1.29, 1.82) is 0 Å². The zero-order valence-electron chi connectivity index (χ0n) is 11.0. The first-order valence-corrected chi connectivity index (χ1v) is 6.48. The Balaban J connectivity index is 1.82. The van der Waals surface area contributed by atoms with Crippen molar-refractivity contribution < 1.29 is 4.74 Å². The largest absolute Gasteiger partial charge is 0.478 e. The van der Waals surface area contributed by atoms with Crippen molar-refractivity contribution >= 4 is 5.95 Å². The number of nitrogens with zero attached hydrogens (tertiary/aromatic N) is 3. The van der Waals surface area contributed by atoms with Crippen LogP contribution in [0.5, 0.6) is 5.88 Å². The Hall–Kier alpha value is -2.17. The first-order chi connectivity index (χ1) is 9.38. The third-order valence-corrected chi connectivity index (χ3v) is 2.47. The molecule has 100 valence electrons. The number of rotatable bonds is 7. The molecule has 5 heteroatoms. The Kier molecular flexibility index (Phi) is 5.10. The van der Waals surface area contributed by atoms with Crippen LogP contribution in [0, 0.1) is 0 Å². The number of pyridine rings is 1. The third-order valence-electron chi connectivity index (χ3n) is 2.47. The van der Waals surface area contributed by atoms with E-state index in [1.807, 2.05) is 18.2 Å². The van der Waals surface area contributed by atoms with Gasteiger partial charge >= 0.3 is 0 Å². The maximum atomic E-state index is 5.46. The van der Waals surface area contributed by atoms with Crippen LogP contribution in [0.25, 0.3) is 0 Å². The van der Waals surface area contributed by atoms with Gasteiger partial charge in [-0.15, -0.1) is 0 Å². The van der Waals surface area contributed by atoms with Crippen LogP contribution in [-0.2, 0) is 6.42 Å². The average molecular weight is 258 g/mol. The molecule has 0 aliphatic heterocycles. The van der Waals surface area contributed by atoms with Gasteiger partial charge in [-0.3, -0.25) is 4.98 Å². The molecule has 2 aromatic rings. The van der Waals surface area contributed by atoms with Gasteiger partial charge < -0.3 is 10.1 Å². The Morgan fingerprint density at radius 3 is 2.89 bits per heavy atom. The lowest BCUT2D eigenvalue weighted by Crippen LogP contribution is -2.09. The quantitative estimate of drug-likeness (QED) is 0.825. The first kappa shape index (κ1) is 13.3. The van der Waals surface area contributed by atoms with Crippen molar-refractivity contribution in [1.82, 2.24) is 15.0 Å². The van der Waals surface area contributed by atoms with Crippen LogP contribution < -0.4 is 10.1 Å². The Morgan fingerprint density at radius 1 is 1.16 bits per heavy atom. The van der Waals surface area contributed by atoms with Crippen molar-refractivity contribution in [3.8, 4) is 5.88 Å². The molecule has 1 N–H and O–H groups in total. The predicted octanol–water partition coefficient (Wildman–Crippen LogP) is 2.32. The Labute approximate surface area is 113 Å². The summed E-state index contributed by atoms with van der Waals surface area (Å²) in [6.45, 7) is 3.48. The molecule has 0 amide bonds. The topological polar surface area (TPSA) is 59.9 Å². The average Bonchev–Trinajstić information content (AvgIpc) is 2.47. The summed E-state index contributed by atoms with van der Waals surface area (Å²) < 4.78 is 5.46. The summed E-state index contributed by atoms with van der Waals surface area (Å²) in [5.41, 5.74) is 1.05. The fourth-order valence-electron chi connectivity index (χ4n) is 1.56. The summed E-state index contributed by atoms with van der Waals surface area (Å²) in [5, 5.41) is 3.17. The third kappa shape index (κ3) is 4.54. The molecule has 19 heavy (non-hydrogen) atoms. The summed E-state index contributed by atoms with van der Waals surface area (Å²) in [7, 11) is 0. The van der Waals surface area contributed by atoms with E-state index in [2.05, 4.69) is 27.2 Å². The highest BCUT2D eigenvalue weighted by molar-refractivity contribution is 5.27. The van der Waals surface area contributed by atoms with Crippen LogP contribution in [0.15, 0.2) is 36.7 Å². The van der Waals surface area contributed by atoms with E-state index in [9.17, 15) is 0 Å². The van der Waals surface area contributed by atoms with Gasteiger partial charge in [0.15, 0.2) is 0 Å². The minimum Gasteiger partial charge on any atom is -0.478 e.